The van der Waals surface area contributed by atoms with Gasteiger partial charge < -0.3 is 14.2 Å². The lowest BCUT2D eigenvalue weighted by Gasteiger charge is -2.13. The molecule has 2 aromatic rings. The van der Waals surface area contributed by atoms with E-state index in [0.717, 1.165) is 5.56 Å². The van der Waals surface area contributed by atoms with Crippen molar-refractivity contribution in [1.29, 1.82) is 0 Å². The SMILES string of the molecule is CCOc1cccc(CNS(=O)(=O)c2ccc(OCC)c(OCC)c2)c1. The molecule has 0 aliphatic heterocycles. The number of nitrogens with one attached hydrogen (secondary N) is 1. The van der Waals surface area contributed by atoms with Crippen LogP contribution in [0.4, 0.5) is 0 Å². The molecule has 0 saturated heterocycles. The smallest absolute Gasteiger partial charge is 0.241 e. The average Bonchev–Trinajstić information content (AvgIpc) is 2.62. The Morgan fingerprint density at radius 2 is 1.54 bits per heavy atom. The van der Waals surface area contributed by atoms with E-state index in [2.05, 4.69) is 4.72 Å². The molecule has 6 nitrogen and oxygen atoms in total. The van der Waals surface area contributed by atoms with E-state index in [1.165, 1.54) is 12.1 Å². The van der Waals surface area contributed by atoms with Gasteiger partial charge in [0.1, 0.15) is 5.75 Å². The Labute approximate surface area is 155 Å². The molecule has 0 unspecified atom stereocenters. The van der Waals surface area contributed by atoms with Crippen LogP contribution in [0.1, 0.15) is 26.3 Å². The molecule has 0 aromatic heterocycles. The maximum atomic E-state index is 12.6. The van der Waals surface area contributed by atoms with Crippen LogP contribution in [0.3, 0.4) is 0 Å². The zero-order valence-corrected chi connectivity index (χ0v) is 16.1. The quantitative estimate of drug-likeness (QED) is 0.685. The lowest BCUT2D eigenvalue weighted by Crippen LogP contribution is -2.23. The van der Waals surface area contributed by atoms with Gasteiger partial charge in [0.25, 0.3) is 0 Å². The minimum absolute atomic E-state index is 0.130. The highest BCUT2D eigenvalue weighted by molar-refractivity contribution is 7.89. The number of benzene rings is 2. The predicted molar refractivity (Wildman–Crippen MR) is 100 cm³/mol. The minimum atomic E-state index is -3.68. The second-order valence-electron chi connectivity index (χ2n) is 5.38. The van der Waals surface area contributed by atoms with Crippen LogP contribution in [0.2, 0.25) is 0 Å². The van der Waals surface area contributed by atoms with Crippen LogP contribution in [-0.2, 0) is 16.6 Å². The maximum absolute atomic E-state index is 12.6. The summed E-state index contributed by atoms with van der Waals surface area (Å²) in [5.41, 5.74) is 0.815. The van der Waals surface area contributed by atoms with Crippen molar-refractivity contribution >= 4 is 10.0 Å². The van der Waals surface area contributed by atoms with Crippen molar-refractivity contribution in [2.24, 2.45) is 0 Å². The van der Waals surface area contributed by atoms with Crippen LogP contribution in [0, 0.1) is 0 Å². The van der Waals surface area contributed by atoms with Crippen molar-refractivity contribution in [1.82, 2.24) is 4.72 Å². The van der Waals surface area contributed by atoms with Gasteiger partial charge in [-0.1, -0.05) is 12.1 Å². The van der Waals surface area contributed by atoms with Crippen LogP contribution in [0.25, 0.3) is 0 Å². The third-order valence-corrected chi connectivity index (χ3v) is 4.90. The molecule has 0 amide bonds. The topological polar surface area (TPSA) is 73.9 Å². The summed E-state index contributed by atoms with van der Waals surface area (Å²) in [5, 5.41) is 0. The summed E-state index contributed by atoms with van der Waals surface area (Å²) in [6, 6.07) is 11.9. The molecular formula is C19H25NO5S. The molecule has 2 aromatic carbocycles. The molecule has 7 heteroatoms. The van der Waals surface area contributed by atoms with Crippen LogP contribution in [0.5, 0.6) is 17.2 Å². The number of hydrogen-bond acceptors (Lipinski definition) is 5. The summed E-state index contributed by atoms with van der Waals surface area (Å²) < 4.78 is 44.2. The second-order valence-corrected chi connectivity index (χ2v) is 7.15. The molecule has 0 fully saturated rings. The van der Waals surface area contributed by atoms with Crippen molar-refractivity contribution in [2.45, 2.75) is 32.2 Å². The van der Waals surface area contributed by atoms with Crippen LogP contribution in [0.15, 0.2) is 47.4 Å². The minimum Gasteiger partial charge on any atom is -0.494 e. The first-order valence-electron chi connectivity index (χ1n) is 8.61. The van der Waals surface area contributed by atoms with Gasteiger partial charge in [-0.15, -0.1) is 0 Å². The molecule has 0 heterocycles. The molecule has 0 atom stereocenters. The fraction of sp³-hybridized carbons (Fsp3) is 0.368. The number of ether oxygens (including phenoxy) is 3. The molecule has 0 aliphatic rings. The van der Waals surface area contributed by atoms with E-state index in [1.807, 2.05) is 45.0 Å². The highest BCUT2D eigenvalue weighted by atomic mass is 32.2. The standard InChI is InChI=1S/C19H25NO5S/c1-4-23-16-9-7-8-15(12-16)14-20-26(21,22)17-10-11-18(24-5-2)19(13-17)25-6-3/h7-13,20H,4-6,14H2,1-3H3. The molecular weight excluding hydrogens is 354 g/mol. The first-order chi connectivity index (χ1) is 12.5. The summed E-state index contributed by atoms with van der Waals surface area (Å²) in [6.07, 6.45) is 0. The summed E-state index contributed by atoms with van der Waals surface area (Å²) in [5.74, 6) is 1.65. The molecule has 2 rings (SSSR count). The van der Waals surface area contributed by atoms with Crippen molar-refractivity contribution in [3.8, 4) is 17.2 Å². The van der Waals surface area contributed by atoms with E-state index in [9.17, 15) is 8.42 Å². The Hall–Kier alpha value is -2.25. The third-order valence-electron chi connectivity index (χ3n) is 3.50. The Kier molecular flexibility index (Phi) is 7.29. The van der Waals surface area contributed by atoms with Crippen molar-refractivity contribution in [3.05, 3.63) is 48.0 Å². The first-order valence-corrected chi connectivity index (χ1v) is 10.1. The van der Waals surface area contributed by atoms with Crippen molar-refractivity contribution < 1.29 is 22.6 Å². The zero-order chi connectivity index (χ0) is 19.0. The lowest BCUT2D eigenvalue weighted by atomic mass is 10.2. The predicted octanol–water partition coefficient (Wildman–Crippen LogP) is 3.36. The molecule has 26 heavy (non-hydrogen) atoms. The Bertz CT molecular complexity index is 820. The van der Waals surface area contributed by atoms with E-state index >= 15 is 0 Å². The van der Waals surface area contributed by atoms with Gasteiger partial charge in [-0.3, -0.25) is 0 Å². The average molecular weight is 379 g/mol. The Balaban J connectivity index is 2.16. The van der Waals surface area contributed by atoms with Gasteiger partial charge in [-0.25, -0.2) is 13.1 Å². The Morgan fingerprint density at radius 1 is 0.846 bits per heavy atom. The largest absolute Gasteiger partial charge is 0.494 e. The summed E-state index contributed by atoms with van der Waals surface area (Å²) in [4.78, 5) is 0.130. The Morgan fingerprint density at radius 3 is 2.23 bits per heavy atom. The van der Waals surface area contributed by atoms with Crippen molar-refractivity contribution in [3.63, 3.8) is 0 Å². The molecule has 0 saturated carbocycles. The number of hydrogen-bond donors (Lipinski definition) is 1. The molecule has 0 radical (unpaired) electrons. The molecule has 0 spiro atoms. The van der Waals surface area contributed by atoms with Crippen LogP contribution >= 0.6 is 0 Å². The lowest BCUT2D eigenvalue weighted by molar-refractivity contribution is 0.287. The third kappa shape index (κ3) is 5.37. The van der Waals surface area contributed by atoms with Gasteiger partial charge in [-0.05, 0) is 50.6 Å². The van der Waals surface area contributed by atoms with Gasteiger partial charge in [0, 0.05) is 12.6 Å². The van der Waals surface area contributed by atoms with E-state index in [4.69, 9.17) is 14.2 Å². The maximum Gasteiger partial charge on any atom is 0.241 e. The van der Waals surface area contributed by atoms with Crippen LogP contribution < -0.4 is 18.9 Å². The normalized spacial score (nSPS) is 11.2. The van der Waals surface area contributed by atoms with E-state index in [-0.39, 0.29) is 11.4 Å². The van der Waals surface area contributed by atoms with Gasteiger partial charge >= 0.3 is 0 Å². The fourth-order valence-corrected chi connectivity index (χ4v) is 3.40. The van der Waals surface area contributed by atoms with Gasteiger partial charge in [-0.2, -0.15) is 0 Å². The van der Waals surface area contributed by atoms with Crippen molar-refractivity contribution in [2.75, 3.05) is 19.8 Å². The van der Waals surface area contributed by atoms with E-state index in [0.29, 0.717) is 37.1 Å². The van der Waals surface area contributed by atoms with E-state index < -0.39 is 10.0 Å². The van der Waals surface area contributed by atoms with Gasteiger partial charge in [0.05, 0.1) is 24.7 Å². The number of sulfonamides is 1. The summed E-state index contributed by atoms with van der Waals surface area (Å²) in [6.45, 7) is 7.21. The first kappa shape index (κ1) is 20.1. The molecule has 0 bridgehead atoms. The molecule has 1 N–H and O–H groups in total. The monoisotopic (exact) mass is 379 g/mol. The second kappa shape index (κ2) is 9.45. The highest BCUT2D eigenvalue weighted by Gasteiger charge is 2.17. The zero-order valence-electron chi connectivity index (χ0n) is 15.3. The van der Waals surface area contributed by atoms with Gasteiger partial charge in [0.15, 0.2) is 11.5 Å². The molecule has 142 valence electrons. The van der Waals surface area contributed by atoms with E-state index in [1.54, 1.807) is 6.07 Å². The molecule has 0 aliphatic carbocycles. The number of rotatable bonds is 10. The fourth-order valence-electron chi connectivity index (χ4n) is 2.37. The van der Waals surface area contributed by atoms with Crippen LogP contribution in [-0.4, -0.2) is 28.2 Å². The summed E-state index contributed by atoms with van der Waals surface area (Å²) >= 11 is 0. The summed E-state index contributed by atoms with van der Waals surface area (Å²) in [7, 11) is -3.68. The van der Waals surface area contributed by atoms with Gasteiger partial charge in [0.2, 0.25) is 10.0 Å². The highest BCUT2D eigenvalue weighted by Crippen LogP contribution is 2.30.